The normalized spacial score (nSPS) is 44.7. The predicted molar refractivity (Wildman–Crippen MR) is 81.6 cm³/mol. The van der Waals surface area contributed by atoms with E-state index >= 15 is 0 Å². The van der Waals surface area contributed by atoms with Gasteiger partial charge in [0.1, 0.15) is 0 Å². The van der Waals surface area contributed by atoms with Crippen molar-refractivity contribution in [2.24, 2.45) is 5.92 Å². The van der Waals surface area contributed by atoms with Crippen molar-refractivity contribution >= 4 is 5.78 Å². The van der Waals surface area contributed by atoms with Crippen LogP contribution in [-0.2, 0) is 16.6 Å². The van der Waals surface area contributed by atoms with Crippen LogP contribution in [-0.4, -0.2) is 43.5 Å². The summed E-state index contributed by atoms with van der Waals surface area (Å²) >= 11 is 0. The summed E-state index contributed by atoms with van der Waals surface area (Å²) in [6.45, 7) is -1.91. The van der Waals surface area contributed by atoms with Gasteiger partial charge in [0.25, 0.3) is 0 Å². The van der Waals surface area contributed by atoms with Crippen LogP contribution in [0.15, 0.2) is 12.1 Å². The number of methoxy groups -OCH3 is 1. The molecule has 4 nitrogen and oxygen atoms in total. The van der Waals surface area contributed by atoms with Gasteiger partial charge >= 0.3 is 0 Å². The molecule has 1 spiro atoms. The average Bonchev–Trinajstić information content (AvgIpc) is 2.91. The molecule has 22 heavy (non-hydrogen) atoms. The number of hydrogen-bond acceptors (Lipinski definition) is 4. The molecule has 0 amide bonds. The fourth-order valence-electron chi connectivity index (χ4n) is 5.16. The monoisotopic (exact) mass is 304 g/mol. The van der Waals surface area contributed by atoms with E-state index in [4.69, 9.17) is 16.3 Å². The molecular weight excluding hydrogens is 278 g/mol. The Hall–Kier alpha value is -1.55. The second kappa shape index (κ2) is 4.05. The molecule has 2 aliphatic heterocycles. The van der Waals surface area contributed by atoms with Gasteiger partial charge in [-0.25, -0.2) is 0 Å². The predicted octanol–water partition coefficient (Wildman–Crippen LogP) is 1.93. The van der Waals surface area contributed by atoms with Crippen LogP contribution in [0.4, 0.5) is 0 Å². The third-order valence-corrected chi connectivity index (χ3v) is 6.05. The summed E-state index contributed by atoms with van der Waals surface area (Å²) in [5.74, 6) is 0.259. The molecule has 1 unspecified atom stereocenters. The molecule has 1 saturated heterocycles. The molecule has 1 aromatic carbocycles. The molecule has 4 atom stereocenters. The van der Waals surface area contributed by atoms with Crippen molar-refractivity contribution in [2.75, 3.05) is 20.6 Å². The number of ketones is 1. The molecule has 2 bridgehead atoms. The first-order chi connectivity index (χ1) is 12.6. The molecule has 2 fully saturated rings. The number of ether oxygens (including phenoxy) is 2. The van der Waals surface area contributed by atoms with E-state index in [9.17, 15) is 4.79 Å². The van der Waals surface area contributed by atoms with Crippen molar-refractivity contribution in [3.8, 4) is 11.5 Å². The highest BCUT2D eigenvalue weighted by Gasteiger charge is 2.65. The Kier molecular flexibility index (Phi) is 1.64. The van der Waals surface area contributed by atoms with Gasteiger partial charge in [-0.2, -0.15) is 0 Å². The lowest BCUT2D eigenvalue weighted by Crippen LogP contribution is -2.65. The minimum Gasteiger partial charge on any atom is -0.493 e. The number of piperidine rings is 1. The van der Waals surface area contributed by atoms with E-state index in [1.165, 1.54) is 4.90 Å². The van der Waals surface area contributed by atoms with E-state index in [-0.39, 0.29) is 18.4 Å². The van der Waals surface area contributed by atoms with Crippen LogP contribution >= 0.6 is 0 Å². The summed E-state index contributed by atoms with van der Waals surface area (Å²) in [5.41, 5.74) is 1.27. The maximum atomic E-state index is 13.0. The van der Waals surface area contributed by atoms with Crippen LogP contribution in [0.25, 0.3) is 0 Å². The fourth-order valence-corrected chi connectivity index (χ4v) is 5.16. The summed E-state index contributed by atoms with van der Waals surface area (Å²) in [6.07, 6.45) is -1.94. The Morgan fingerprint density at radius 3 is 3.27 bits per heavy atom. The Morgan fingerprint density at radius 2 is 2.45 bits per heavy atom. The van der Waals surface area contributed by atoms with Crippen molar-refractivity contribution in [3.05, 3.63) is 23.3 Å². The number of rotatable bonds is 1. The van der Waals surface area contributed by atoms with Gasteiger partial charge in [-0.05, 0) is 50.3 Å². The molecule has 0 radical (unpaired) electrons. The van der Waals surface area contributed by atoms with Crippen molar-refractivity contribution in [3.63, 3.8) is 0 Å². The van der Waals surface area contributed by atoms with E-state index in [1.54, 1.807) is 13.2 Å². The van der Waals surface area contributed by atoms with Crippen LogP contribution < -0.4 is 9.47 Å². The van der Waals surface area contributed by atoms with Crippen LogP contribution in [0.5, 0.6) is 11.5 Å². The zero-order valence-corrected chi connectivity index (χ0v) is 12.4. The highest BCUT2D eigenvalue weighted by Crippen LogP contribution is 2.62. The highest BCUT2D eigenvalue weighted by atomic mass is 16.5. The lowest BCUT2D eigenvalue weighted by atomic mass is 9.52. The van der Waals surface area contributed by atoms with E-state index in [2.05, 4.69) is 0 Å². The summed E-state index contributed by atoms with van der Waals surface area (Å²) in [6, 6.07) is 3.38. The van der Waals surface area contributed by atoms with Crippen molar-refractivity contribution in [1.29, 1.82) is 0 Å². The zero-order chi connectivity index (χ0) is 19.4. The summed E-state index contributed by atoms with van der Waals surface area (Å²) in [5, 5.41) is 0. The van der Waals surface area contributed by atoms with E-state index in [1.807, 2.05) is 6.07 Å². The zero-order valence-electron chi connectivity index (χ0n) is 17.4. The van der Waals surface area contributed by atoms with Gasteiger partial charge in [0.15, 0.2) is 23.4 Å². The van der Waals surface area contributed by atoms with Crippen LogP contribution in [0.2, 0.25) is 0 Å². The summed E-state index contributed by atoms with van der Waals surface area (Å²) < 4.78 is 52.0. The number of likely N-dealkylation sites (N-methyl/N-ethyl adjacent to an activating group) is 1. The van der Waals surface area contributed by atoms with Gasteiger partial charge in [-0.15, -0.1) is 0 Å². The minimum atomic E-state index is -2.25. The molecule has 0 N–H and O–H groups in total. The van der Waals surface area contributed by atoms with Crippen molar-refractivity contribution in [1.82, 2.24) is 4.90 Å². The molecule has 1 aromatic rings. The Balaban J connectivity index is 1.76. The SMILES string of the molecule is [2H]C1([2H])C[C@H]2[C@H]3Cc4ccc(OC)c5c4[C@@]2(CCN3C([2H])([2H])[2H])C(O5)C1=O. The first kappa shape index (κ1) is 8.92. The molecule has 4 heteroatoms. The van der Waals surface area contributed by atoms with Crippen LogP contribution in [0.1, 0.15) is 37.2 Å². The lowest BCUT2D eigenvalue weighted by Gasteiger charge is -2.57. The van der Waals surface area contributed by atoms with Gasteiger partial charge < -0.3 is 14.4 Å². The molecule has 116 valence electrons. The molecule has 0 aromatic heterocycles. The van der Waals surface area contributed by atoms with Crippen LogP contribution in [0.3, 0.4) is 0 Å². The van der Waals surface area contributed by atoms with Gasteiger partial charge in [0.2, 0.25) is 0 Å². The number of benzene rings is 1. The van der Waals surface area contributed by atoms with Gasteiger partial charge in [0.05, 0.1) is 7.11 Å². The number of carbonyl (C=O) groups excluding carboxylic acids is 1. The van der Waals surface area contributed by atoms with E-state index in [0.29, 0.717) is 30.9 Å². The number of carbonyl (C=O) groups is 1. The Morgan fingerprint density at radius 1 is 1.55 bits per heavy atom. The van der Waals surface area contributed by atoms with Crippen molar-refractivity contribution in [2.45, 2.75) is 43.2 Å². The smallest absolute Gasteiger partial charge is 0.174 e. The van der Waals surface area contributed by atoms with Gasteiger partial charge in [0, 0.05) is 30.2 Å². The average molecular weight is 304 g/mol. The Labute approximate surface area is 137 Å². The second-order valence-corrected chi connectivity index (χ2v) is 6.74. The summed E-state index contributed by atoms with van der Waals surface area (Å²) in [4.78, 5) is 14.5. The molecule has 4 aliphatic rings. The molecular formula is C18H21NO3. The molecule has 2 heterocycles. The fraction of sp³-hybridized carbons (Fsp3) is 0.611. The van der Waals surface area contributed by atoms with Crippen LogP contribution in [0, 0.1) is 5.92 Å². The topological polar surface area (TPSA) is 38.8 Å². The number of Topliss-reactive ketones (excluding diaryl/α,β-unsaturated/α-hetero) is 1. The van der Waals surface area contributed by atoms with E-state index in [0.717, 1.165) is 11.1 Å². The quantitative estimate of drug-likeness (QED) is 0.795. The standard InChI is InChI=1S/C18H21NO3/c1-19-8-7-18-11-4-5-13(20)17(18)22-16-14(21-2)6-3-10(15(16)18)9-12(11)19/h3,6,11-12,17H,4-5,7-9H2,1-2H3/t11-,12+,17?,18-/m0/s1/i1D3,5D2. The number of hydrogen-bond donors (Lipinski definition) is 0. The lowest BCUT2D eigenvalue weighted by molar-refractivity contribution is -0.138. The highest BCUT2D eigenvalue weighted by molar-refractivity contribution is 5.89. The van der Waals surface area contributed by atoms with Crippen molar-refractivity contribution < 1.29 is 21.1 Å². The first-order valence-corrected chi connectivity index (χ1v) is 7.79. The maximum absolute atomic E-state index is 13.0. The molecule has 5 rings (SSSR count). The summed E-state index contributed by atoms with van der Waals surface area (Å²) in [7, 11) is 1.54. The number of nitrogens with zero attached hydrogens (tertiary/aromatic N) is 1. The second-order valence-electron chi connectivity index (χ2n) is 6.74. The van der Waals surface area contributed by atoms with Gasteiger partial charge in [-0.1, -0.05) is 6.07 Å². The first-order valence-electron chi connectivity index (χ1n) is 10.3. The maximum Gasteiger partial charge on any atom is 0.174 e. The van der Waals surface area contributed by atoms with E-state index < -0.39 is 30.7 Å². The minimum absolute atomic E-state index is 0.0268. The Bertz CT molecular complexity index is 854. The number of likely N-dealkylation sites (tertiary alicyclic amines) is 1. The molecule has 1 saturated carbocycles. The van der Waals surface area contributed by atoms with Gasteiger partial charge in [-0.3, -0.25) is 4.79 Å². The third kappa shape index (κ3) is 1.27. The third-order valence-electron chi connectivity index (χ3n) is 6.05. The largest absolute Gasteiger partial charge is 0.493 e. The molecule has 2 aliphatic carbocycles.